The Labute approximate surface area is 197 Å². The number of methoxy groups -OCH3 is 2. The predicted molar refractivity (Wildman–Crippen MR) is 129 cm³/mol. The van der Waals surface area contributed by atoms with Crippen LogP contribution in [0.5, 0.6) is 11.5 Å². The fourth-order valence-corrected chi connectivity index (χ4v) is 3.93. The van der Waals surface area contributed by atoms with Gasteiger partial charge in [0, 0.05) is 5.56 Å². The molecule has 0 radical (unpaired) electrons. The lowest BCUT2D eigenvalue weighted by atomic mass is 9.98. The summed E-state index contributed by atoms with van der Waals surface area (Å²) in [5.74, 6) is 0.831. The first-order valence-corrected chi connectivity index (χ1v) is 11.5. The summed E-state index contributed by atoms with van der Waals surface area (Å²) >= 11 is 1.26. The molecule has 8 nitrogen and oxygen atoms in total. The summed E-state index contributed by atoms with van der Waals surface area (Å²) in [4.78, 5) is 25.7. The van der Waals surface area contributed by atoms with Gasteiger partial charge in [-0.15, -0.1) is 10.2 Å². The second kappa shape index (κ2) is 11.4. The number of nitrogens with one attached hydrogen (secondary N) is 2. The van der Waals surface area contributed by atoms with E-state index < -0.39 is 6.04 Å². The molecule has 0 saturated carbocycles. The topological polar surface area (TPSA) is 102 Å². The second-order valence-electron chi connectivity index (χ2n) is 7.59. The van der Waals surface area contributed by atoms with Crippen LogP contribution in [-0.2, 0) is 16.0 Å². The Bertz CT molecular complexity index is 1080. The molecule has 2 atom stereocenters. The number of carbonyl (C=O) groups is 2. The third-order valence-corrected chi connectivity index (χ3v) is 6.20. The predicted octanol–water partition coefficient (Wildman–Crippen LogP) is 3.93. The van der Waals surface area contributed by atoms with Gasteiger partial charge in [0.25, 0.3) is 0 Å². The highest BCUT2D eigenvalue weighted by molar-refractivity contribution is 7.18. The van der Waals surface area contributed by atoms with Crippen molar-refractivity contribution < 1.29 is 19.1 Å². The molecule has 3 aromatic rings. The number of carbonyl (C=O) groups excluding carboxylic acids is 2. The van der Waals surface area contributed by atoms with Crippen LogP contribution in [0.25, 0.3) is 10.6 Å². The average Bonchev–Trinajstić information content (AvgIpc) is 3.31. The van der Waals surface area contributed by atoms with Gasteiger partial charge < -0.3 is 14.8 Å². The number of ether oxygens (including phenoxy) is 2. The average molecular weight is 469 g/mol. The summed E-state index contributed by atoms with van der Waals surface area (Å²) in [5.41, 5.74) is 1.68. The van der Waals surface area contributed by atoms with E-state index in [9.17, 15) is 9.59 Å². The highest BCUT2D eigenvalue weighted by Gasteiger charge is 2.27. The second-order valence-corrected chi connectivity index (χ2v) is 8.57. The van der Waals surface area contributed by atoms with Gasteiger partial charge in [0.15, 0.2) is 0 Å². The van der Waals surface area contributed by atoms with Gasteiger partial charge in [0.05, 0.1) is 20.6 Å². The quantitative estimate of drug-likeness (QED) is 0.467. The Morgan fingerprint density at radius 3 is 2.42 bits per heavy atom. The molecule has 1 heterocycles. The van der Waals surface area contributed by atoms with E-state index in [0.717, 1.165) is 23.3 Å². The molecule has 2 N–H and O–H groups in total. The van der Waals surface area contributed by atoms with Gasteiger partial charge in [0.2, 0.25) is 16.9 Å². The van der Waals surface area contributed by atoms with Crippen LogP contribution in [-0.4, -0.2) is 42.3 Å². The van der Waals surface area contributed by atoms with Gasteiger partial charge in [-0.3, -0.25) is 14.9 Å². The lowest BCUT2D eigenvalue weighted by Crippen LogP contribution is -2.48. The van der Waals surface area contributed by atoms with E-state index in [2.05, 4.69) is 20.8 Å². The lowest BCUT2D eigenvalue weighted by Gasteiger charge is -2.23. The van der Waals surface area contributed by atoms with Gasteiger partial charge in [-0.1, -0.05) is 55.9 Å². The van der Waals surface area contributed by atoms with Crippen LogP contribution < -0.4 is 20.1 Å². The number of hydrogen-bond acceptors (Lipinski definition) is 7. The molecule has 0 aliphatic heterocycles. The van der Waals surface area contributed by atoms with E-state index in [4.69, 9.17) is 9.47 Å². The molecule has 0 aliphatic carbocycles. The number of anilines is 1. The van der Waals surface area contributed by atoms with Crippen LogP contribution in [0.4, 0.5) is 5.13 Å². The molecule has 33 heavy (non-hydrogen) atoms. The van der Waals surface area contributed by atoms with Gasteiger partial charge >= 0.3 is 0 Å². The van der Waals surface area contributed by atoms with Crippen molar-refractivity contribution in [3.05, 3.63) is 54.1 Å². The van der Waals surface area contributed by atoms with Crippen molar-refractivity contribution >= 4 is 28.3 Å². The highest BCUT2D eigenvalue weighted by Crippen LogP contribution is 2.29. The summed E-state index contributed by atoms with van der Waals surface area (Å²) in [7, 11) is 3.19. The van der Waals surface area contributed by atoms with Crippen molar-refractivity contribution in [3.8, 4) is 22.1 Å². The number of aromatic nitrogens is 2. The van der Waals surface area contributed by atoms with E-state index >= 15 is 0 Å². The van der Waals surface area contributed by atoms with Crippen LogP contribution in [0.1, 0.15) is 25.8 Å². The summed E-state index contributed by atoms with van der Waals surface area (Å²) in [5, 5.41) is 15.0. The number of hydrogen-bond donors (Lipinski definition) is 2. The summed E-state index contributed by atoms with van der Waals surface area (Å²) in [6.07, 6.45) is 0.898. The fraction of sp³-hybridized carbons (Fsp3) is 0.333. The molecule has 3 rings (SSSR count). The maximum atomic E-state index is 13.0. The highest BCUT2D eigenvalue weighted by atomic mass is 32.1. The minimum atomic E-state index is -0.690. The summed E-state index contributed by atoms with van der Waals surface area (Å²) in [6.45, 7) is 3.91. The van der Waals surface area contributed by atoms with Gasteiger partial charge in [-0.05, 0) is 35.7 Å². The Hall–Kier alpha value is -3.46. The first kappa shape index (κ1) is 24.2. The molecule has 1 aromatic heterocycles. The van der Waals surface area contributed by atoms with Gasteiger partial charge in [0.1, 0.15) is 22.5 Å². The molecule has 0 saturated heterocycles. The Kier molecular flexibility index (Phi) is 8.37. The standard InChI is InChI=1S/C24H28N4O4S/c1-5-15(2)21(25-20(29)13-16-9-11-18(31-3)12-10-16)22(30)26-24-28-27-23(33-24)17-7-6-8-19(14-17)32-4/h6-12,14-15,21H,5,13H2,1-4H3,(H,25,29)(H,26,28,30). The van der Waals surface area contributed by atoms with Crippen molar-refractivity contribution in [2.45, 2.75) is 32.7 Å². The van der Waals surface area contributed by atoms with E-state index in [0.29, 0.717) is 15.9 Å². The van der Waals surface area contributed by atoms with Crippen molar-refractivity contribution in [2.24, 2.45) is 5.92 Å². The Balaban J connectivity index is 1.66. The molecular weight excluding hydrogens is 440 g/mol. The molecule has 174 valence electrons. The van der Waals surface area contributed by atoms with Crippen LogP contribution in [0, 0.1) is 5.92 Å². The largest absolute Gasteiger partial charge is 0.497 e. The number of amides is 2. The van der Waals surface area contributed by atoms with Gasteiger partial charge in [-0.2, -0.15) is 0 Å². The third kappa shape index (κ3) is 6.52. The maximum absolute atomic E-state index is 13.0. The molecular formula is C24H28N4O4S. The molecule has 2 amide bonds. The minimum Gasteiger partial charge on any atom is -0.497 e. The first-order chi connectivity index (χ1) is 15.9. The zero-order valence-electron chi connectivity index (χ0n) is 19.1. The SMILES string of the molecule is CCC(C)C(NC(=O)Cc1ccc(OC)cc1)C(=O)Nc1nnc(-c2cccc(OC)c2)s1. The maximum Gasteiger partial charge on any atom is 0.249 e. The number of benzene rings is 2. The minimum absolute atomic E-state index is 0.0596. The number of nitrogens with zero attached hydrogens (tertiary/aromatic N) is 2. The third-order valence-electron chi connectivity index (χ3n) is 5.31. The smallest absolute Gasteiger partial charge is 0.249 e. The van der Waals surface area contributed by atoms with Gasteiger partial charge in [-0.25, -0.2) is 0 Å². The van der Waals surface area contributed by atoms with Crippen LogP contribution >= 0.6 is 11.3 Å². The van der Waals surface area contributed by atoms with Crippen molar-refractivity contribution in [2.75, 3.05) is 19.5 Å². The normalized spacial score (nSPS) is 12.5. The number of rotatable bonds is 10. The van der Waals surface area contributed by atoms with Crippen LogP contribution in [0.2, 0.25) is 0 Å². The van der Waals surface area contributed by atoms with Crippen molar-refractivity contribution in [1.82, 2.24) is 15.5 Å². The zero-order valence-corrected chi connectivity index (χ0v) is 19.9. The molecule has 0 bridgehead atoms. The van der Waals surface area contributed by atoms with E-state index in [1.165, 1.54) is 11.3 Å². The van der Waals surface area contributed by atoms with Crippen molar-refractivity contribution in [1.29, 1.82) is 0 Å². The Morgan fingerprint density at radius 1 is 1.03 bits per heavy atom. The lowest BCUT2D eigenvalue weighted by molar-refractivity contribution is -0.127. The first-order valence-electron chi connectivity index (χ1n) is 10.6. The van der Waals surface area contributed by atoms with E-state index in [-0.39, 0.29) is 24.2 Å². The monoisotopic (exact) mass is 468 g/mol. The Morgan fingerprint density at radius 2 is 1.76 bits per heavy atom. The van der Waals surface area contributed by atoms with Crippen LogP contribution in [0.15, 0.2) is 48.5 Å². The van der Waals surface area contributed by atoms with Crippen LogP contribution in [0.3, 0.4) is 0 Å². The summed E-state index contributed by atoms with van der Waals surface area (Å²) < 4.78 is 10.4. The molecule has 0 spiro atoms. The molecule has 9 heteroatoms. The molecule has 0 aliphatic rings. The molecule has 0 fully saturated rings. The van der Waals surface area contributed by atoms with Crippen molar-refractivity contribution in [3.63, 3.8) is 0 Å². The zero-order chi connectivity index (χ0) is 23.8. The molecule has 2 unspecified atom stereocenters. The van der Waals surface area contributed by atoms with E-state index in [1.807, 2.05) is 50.2 Å². The molecule has 2 aromatic carbocycles. The fourth-order valence-electron chi connectivity index (χ4n) is 3.18. The summed E-state index contributed by atoms with van der Waals surface area (Å²) in [6, 6.07) is 14.0. The van der Waals surface area contributed by atoms with E-state index in [1.54, 1.807) is 26.4 Å².